The van der Waals surface area contributed by atoms with Gasteiger partial charge in [0.1, 0.15) is 0 Å². The van der Waals surface area contributed by atoms with Crippen LogP contribution in [0.2, 0.25) is 0 Å². The maximum Gasteiger partial charge on any atom is 0.311 e. The molecule has 134 valence electrons. The maximum atomic E-state index is 13.2. The highest BCUT2D eigenvalue weighted by Crippen LogP contribution is 2.61. The average Bonchev–Trinajstić information content (AvgIpc) is 3.11. The molecule has 0 bridgehead atoms. The molecule has 1 saturated carbocycles. The molecular formula is C21H27NO3. The van der Waals surface area contributed by atoms with Crippen molar-refractivity contribution in [2.45, 2.75) is 51.4 Å². The monoisotopic (exact) mass is 341 g/mol. The van der Waals surface area contributed by atoms with E-state index < -0.39 is 11.4 Å². The van der Waals surface area contributed by atoms with Gasteiger partial charge in [0.25, 0.3) is 0 Å². The Balaban J connectivity index is 1.54. The highest BCUT2D eigenvalue weighted by atomic mass is 16.4. The van der Waals surface area contributed by atoms with Crippen LogP contribution in [-0.2, 0) is 21.4 Å². The lowest BCUT2D eigenvalue weighted by Crippen LogP contribution is -2.41. The zero-order chi connectivity index (χ0) is 17.8. The molecule has 2 fully saturated rings. The van der Waals surface area contributed by atoms with Gasteiger partial charge in [0.05, 0.1) is 5.41 Å². The Kier molecular flexibility index (Phi) is 3.71. The van der Waals surface area contributed by atoms with E-state index in [1.54, 1.807) is 0 Å². The van der Waals surface area contributed by atoms with Crippen LogP contribution in [0, 0.1) is 17.3 Å². The second kappa shape index (κ2) is 5.58. The number of carboxylic acid groups (broad SMARTS) is 1. The van der Waals surface area contributed by atoms with E-state index in [9.17, 15) is 14.7 Å². The molecule has 1 spiro atoms. The van der Waals surface area contributed by atoms with Gasteiger partial charge in [-0.2, -0.15) is 0 Å². The van der Waals surface area contributed by atoms with Crippen LogP contribution in [-0.4, -0.2) is 35.0 Å². The zero-order valence-corrected chi connectivity index (χ0v) is 15.1. The molecule has 4 nitrogen and oxygen atoms in total. The van der Waals surface area contributed by atoms with Crippen LogP contribution in [0.3, 0.4) is 0 Å². The number of nitrogens with zero attached hydrogens (tertiary/aromatic N) is 1. The van der Waals surface area contributed by atoms with E-state index in [-0.39, 0.29) is 23.2 Å². The third-order valence-corrected chi connectivity index (χ3v) is 7.14. The number of amides is 1. The van der Waals surface area contributed by atoms with E-state index in [0.29, 0.717) is 19.5 Å². The molecule has 1 aliphatic heterocycles. The fraction of sp³-hybridized carbons (Fsp3) is 0.619. The summed E-state index contributed by atoms with van der Waals surface area (Å²) in [4.78, 5) is 26.8. The number of hydrogen-bond acceptors (Lipinski definition) is 2. The van der Waals surface area contributed by atoms with Crippen LogP contribution in [0.15, 0.2) is 24.3 Å². The highest BCUT2D eigenvalue weighted by molar-refractivity contribution is 5.86. The van der Waals surface area contributed by atoms with Crippen LogP contribution in [0.4, 0.5) is 0 Å². The normalized spacial score (nSPS) is 33.6. The number of benzene rings is 1. The Hall–Kier alpha value is -1.84. The van der Waals surface area contributed by atoms with Crippen LogP contribution in [0.1, 0.15) is 50.7 Å². The predicted molar refractivity (Wildman–Crippen MR) is 95.3 cm³/mol. The van der Waals surface area contributed by atoms with E-state index in [0.717, 1.165) is 25.7 Å². The van der Waals surface area contributed by atoms with Gasteiger partial charge in [0.15, 0.2) is 0 Å². The minimum Gasteiger partial charge on any atom is -0.481 e. The number of hydrogen-bond donors (Lipinski definition) is 1. The summed E-state index contributed by atoms with van der Waals surface area (Å²) in [5.41, 5.74) is 2.01. The Labute approximate surface area is 149 Å². The molecule has 4 heteroatoms. The molecule has 0 aromatic heterocycles. The molecule has 1 heterocycles. The fourth-order valence-electron chi connectivity index (χ4n) is 5.29. The average molecular weight is 341 g/mol. The fourth-order valence-corrected chi connectivity index (χ4v) is 5.29. The lowest BCUT2D eigenvalue weighted by Gasteiger charge is -2.30. The highest BCUT2D eigenvalue weighted by Gasteiger charge is 2.62. The van der Waals surface area contributed by atoms with E-state index >= 15 is 0 Å². The summed E-state index contributed by atoms with van der Waals surface area (Å²) in [6.07, 6.45) is 4.84. The zero-order valence-electron chi connectivity index (χ0n) is 15.1. The van der Waals surface area contributed by atoms with Crippen molar-refractivity contribution in [2.75, 3.05) is 13.1 Å². The first-order chi connectivity index (χ1) is 11.9. The van der Waals surface area contributed by atoms with Gasteiger partial charge in [-0.25, -0.2) is 0 Å². The van der Waals surface area contributed by atoms with Crippen molar-refractivity contribution in [1.29, 1.82) is 0 Å². The van der Waals surface area contributed by atoms with Crippen molar-refractivity contribution < 1.29 is 14.7 Å². The van der Waals surface area contributed by atoms with Gasteiger partial charge in [-0.1, -0.05) is 38.1 Å². The second-order valence-electron chi connectivity index (χ2n) is 8.55. The number of aryl methyl sites for hydroxylation is 1. The number of likely N-dealkylation sites (tertiary alicyclic amines) is 1. The van der Waals surface area contributed by atoms with Crippen molar-refractivity contribution in [3.8, 4) is 0 Å². The topological polar surface area (TPSA) is 57.6 Å². The standard InChI is InChI=1S/C21H27NO3/c1-14(2)21(19(24)25)10-11-22(13-21)18(23)17-12-20(17)9-5-7-15-6-3-4-8-16(15)20/h3-4,6,8,14,17H,5,7,9-13H2,1-2H3,(H,24,25). The quantitative estimate of drug-likeness (QED) is 0.918. The molecule has 4 rings (SSSR count). The van der Waals surface area contributed by atoms with E-state index in [2.05, 4.69) is 24.3 Å². The van der Waals surface area contributed by atoms with Crippen LogP contribution < -0.4 is 0 Å². The van der Waals surface area contributed by atoms with Crippen molar-refractivity contribution in [1.82, 2.24) is 4.90 Å². The maximum absolute atomic E-state index is 13.2. The number of carboxylic acids is 1. The number of fused-ring (bicyclic) bond motifs is 2. The first-order valence-corrected chi connectivity index (χ1v) is 9.51. The summed E-state index contributed by atoms with van der Waals surface area (Å²) in [5.74, 6) is -0.496. The molecule has 2 aliphatic carbocycles. The predicted octanol–water partition coefficient (Wildman–Crippen LogP) is 3.24. The van der Waals surface area contributed by atoms with Gasteiger partial charge < -0.3 is 10.0 Å². The summed E-state index contributed by atoms with van der Waals surface area (Å²) in [5, 5.41) is 9.72. The summed E-state index contributed by atoms with van der Waals surface area (Å²) in [6, 6.07) is 8.55. The van der Waals surface area contributed by atoms with Crippen molar-refractivity contribution in [3.05, 3.63) is 35.4 Å². The molecule has 1 aromatic carbocycles. The van der Waals surface area contributed by atoms with Gasteiger partial charge in [-0.3, -0.25) is 9.59 Å². The summed E-state index contributed by atoms with van der Waals surface area (Å²) in [6.45, 7) is 4.86. The number of rotatable bonds is 3. The molecular weight excluding hydrogens is 314 g/mol. The minimum atomic E-state index is -0.776. The molecule has 3 unspecified atom stereocenters. The molecule has 1 saturated heterocycles. The van der Waals surface area contributed by atoms with Crippen molar-refractivity contribution in [3.63, 3.8) is 0 Å². The smallest absolute Gasteiger partial charge is 0.311 e. The Morgan fingerprint density at radius 1 is 1.24 bits per heavy atom. The lowest BCUT2D eigenvalue weighted by atomic mass is 9.76. The van der Waals surface area contributed by atoms with Gasteiger partial charge in [0.2, 0.25) is 5.91 Å². The minimum absolute atomic E-state index is 0.0260. The molecule has 25 heavy (non-hydrogen) atoms. The Morgan fingerprint density at radius 2 is 2.00 bits per heavy atom. The number of aliphatic carboxylic acids is 1. The SMILES string of the molecule is CC(C)C1(C(=O)O)CCN(C(=O)C2CC23CCCc2ccccc23)C1. The largest absolute Gasteiger partial charge is 0.481 e. The molecule has 3 aliphatic rings. The van der Waals surface area contributed by atoms with Crippen LogP contribution >= 0.6 is 0 Å². The molecule has 1 amide bonds. The molecule has 1 aromatic rings. The third-order valence-electron chi connectivity index (χ3n) is 7.14. The molecule has 3 atom stereocenters. The first kappa shape index (κ1) is 16.6. The Bertz CT molecular complexity index is 728. The van der Waals surface area contributed by atoms with E-state index in [4.69, 9.17) is 0 Å². The van der Waals surface area contributed by atoms with Crippen molar-refractivity contribution >= 4 is 11.9 Å². The van der Waals surface area contributed by atoms with Gasteiger partial charge >= 0.3 is 5.97 Å². The number of carbonyl (C=O) groups is 2. The third kappa shape index (κ3) is 2.33. The molecule has 0 radical (unpaired) electrons. The van der Waals surface area contributed by atoms with Gasteiger partial charge in [-0.15, -0.1) is 0 Å². The van der Waals surface area contributed by atoms with Crippen molar-refractivity contribution in [2.24, 2.45) is 17.3 Å². The van der Waals surface area contributed by atoms with Gasteiger partial charge in [-0.05, 0) is 49.1 Å². The second-order valence-corrected chi connectivity index (χ2v) is 8.55. The van der Waals surface area contributed by atoms with E-state index in [1.807, 2.05) is 18.7 Å². The summed E-state index contributed by atoms with van der Waals surface area (Å²) < 4.78 is 0. The van der Waals surface area contributed by atoms with Crippen LogP contribution in [0.25, 0.3) is 0 Å². The lowest BCUT2D eigenvalue weighted by molar-refractivity contribution is -0.151. The van der Waals surface area contributed by atoms with E-state index in [1.165, 1.54) is 11.1 Å². The molecule has 1 N–H and O–H groups in total. The Morgan fingerprint density at radius 3 is 2.68 bits per heavy atom. The summed E-state index contributed by atoms with van der Waals surface area (Å²) in [7, 11) is 0. The van der Waals surface area contributed by atoms with Crippen LogP contribution in [0.5, 0.6) is 0 Å². The first-order valence-electron chi connectivity index (χ1n) is 9.51. The number of carbonyl (C=O) groups excluding carboxylic acids is 1. The van der Waals surface area contributed by atoms with Gasteiger partial charge in [0, 0.05) is 24.4 Å². The summed E-state index contributed by atoms with van der Waals surface area (Å²) >= 11 is 0.